The van der Waals surface area contributed by atoms with Gasteiger partial charge in [-0.3, -0.25) is 9.69 Å². The molecule has 1 aliphatic heterocycles. The summed E-state index contributed by atoms with van der Waals surface area (Å²) in [6, 6.07) is 5.43. The van der Waals surface area contributed by atoms with Crippen molar-refractivity contribution in [3.05, 3.63) is 28.8 Å². The molecule has 1 aromatic rings. The second kappa shape index (κ2) is 9.11. The van der Waals surface area contributed by atoms with Crippen molar-refractivity contribution in [1.29, 1.82) is 0 Å². The number of carbonyl (C=O) groups is 1. The number of morpholine rings is 1. The number of hydrogen-bond acceptors (Lipinski definition) is 4. The van der Waals surface area contributed by atoms with Crippen LogP contribution in [0.4, 0.5) is 0 Å². The number of rotatable bonds is 7. The van der Waals surface area contributed by atoms with Crippen LogP contribution in [0, 0.1) is 6.92 Å². The van der Waals surface area contributed by atoms with Crippen LogP contribution in [0.1, 0.15) is 18.9 Å². The van der Waals surface area contributed by atoms with Gasteiger partial charge in [0.15, 0.2) is 6.10 Å². The van der Waals surface area contributed by atoms with E-state index in [-0.39, 0.29) is 5.91 Å². The van der Waals surface area contributed by atoms with E-state index in [1.54, 1.807) is 12.1 Å². The zero-order valence-corrected chi connectivity index (χ0v) is 14.6. The number of nitrogens with one attached hydrogen (secondary N) is 1. The molecule has 1 heterocycles. The van der Waals surface area contributed by atoms with Gasteiger partial charge in [0.1, 0.15) is 5.75 Å². The molecule has 1 N–H and O–H groups in total. The van der Waals surface area contributed by atoms with Crippen LogP contribution in [0.5, 0.6) is 5.75 Å². The molecule has 0 bridgehead atoms. The number of benzene rings is 1. The van der Waals surface area contributed by atoms with Gasteiger partial charge < -0.3 is 14.8 Å². The first kappa shape index (κ1) is 18.0. The molecule has 1 saturated heterocycles. The lowest BCUT2D eigenvalue weighted by molar-refractivity contribution is -0.128. The van der Waals surface area contributed by atoms with Gasteiger partial charge in [-0.1, -0.05) is 18.5 Å². The Kier molecular flexibility index (Phi) is 7.15. The van der Waals surface area contributed by atoms with Crippen molar-refractivity contribution in [1.82, 2.24) is 10.2 Å². The lowest BCUT2D eigenvalue weighted by Crippen LogP contribution is -2.44. The Morgan fingerprint density at radius 1 is 1.43 bits per heavy atom. The average Bonchev–Trinajstić information content (AvgIpc) is 2.56. The zero-order valence-electron chi connectivity index (χ0n) is 13.8. The summed E-state index contributed by atoms with van der Waals surface area (Å²) in [6.45, 7) is 8.70. The predicted molar refractivity (Wildman–Crippen MR) is 91.2 cm³/mol. The second-order valence-electron chi connectivity index (χ2n) is 5.67. The molecule has 0 spiro atoms. The van der Waals surface area contributed by atoms with Crippen LogP contribution in [0.2, 0.25) is 5.02 Å². The maximum atomic E-state index is 12.3. The van der Waals surface area contributed by atoms with Crippen molar-refractivity contribution >= 4 is 17.5 Å². The van der Waals surface area contributed by atoms with Crippen LogP contribution in [-0.2, 0) is 9.53 Å². The molecule has 1 atom stereocenters. The summed E-state index contributed by atoms with van der Waals surface area (Å²) in [4.78, 5) is 14.6. The van der Waals surface area contributed by atoms with Crippen LogP contribution in [0.3, 0.4) is 0 Å². The summed E-state index contributed by atoms with van der Waals surface area (Å²) in [7, 11) is 0. The van der Waals surface area contributed by atoms with Crippen LogP contribution >= 0.6 is 11.6 Å². The molecule has 1 aromatic carbocycles. The molecule has 1 fully saturated rings. The molecule has 1 amide bonds. The Balaban J connectivity index is 1.79. The molecule has 23 heavy (non-hydrogen) atoms. The Hall–Kier alpha value is -1.30. The van der Waals surface area contributed by atoms with Gasteiger partial charge in [0.25, 0.3) is 5.91 Å². The quantitative estimate of drug-likeness (QED) is 0.827. The van der Waals surface area contributed by atoms with E-state index in [1.807, 2.05) is 19.9 Å². The first-order valence-electron chi connectivity index (χ1n) is 8.10. The number of hydrogen-bond donors (Lipinski definition) is 1. The molecule has 1 aliphatic rings. The van der Waals surface area contributed by atoms with Crippen LogP contribution in [-0.4, -0.2) is 56.3 Å². The topological polar surface area (TPSA) is 50.8 Å². The molecule has 0 aliphatic carbocycles. The largest absolute Gasteiger partial charge is 0.481 e. The monoisotopic (exact) mass is 340 g/mol. The number of carbonyl (C=O) groups excluding carboxylic acids is 1. The average molecular weight is 341 g/mol. The first-order chi connectivity index (χ1) is 11.1. The Morgan fingerprint density at radius 3 is 2.83 bits per heavy atom. The van der Waals surface area contributed by atoms with Crippen molar-refractivity contribution in [3.8, 4) is 5.75 Å². The highest BCUT2D eigenvalue weighted by atomic mass is 35.5. The molecule has 128 valence electrons. The van der Waals surface area contributed by atoms with Gasteiger partial charge in [0.2, 0.25) is 0 Å². The highest BCUT2D eigenvalue weighted by Crippen LogP contribution is 2.22. The van der Waals surface area contributed by atoms with E-state index in [0.717, 1.165) is 38.4 Å². The summed E-state index contributed by atoms with van der Waals surface area (Å²) in [5, 5.41) is 3.65. The minimum Gasteiger partial charge on any atom is -0.481 e. The molecule has 5 nitrogen and oxygen atoms in total. The van der Waals surface area contributed by atoms with Crippen LogP contribution in [0.15, 0.2) is 18.2 Å². The number of ether oxygens (including phenoxy) is 2. The summed E-state index contributed by atoms with van der Waals surface area (Å²) >= 11 is 6.01. The first-order valence-corrected chi connectivity index (χ1v) is 8.48. The van der Waals surface area contributed by atoms with Gasteiger partial charge in [-0.2, -0.15) is 0 Å². The smallest absolute Gasteiger partial charge is 0.261 e. The molecule has 0 saturated carbocycles. The van der Waals surface area contributed by atoms with Gasteiger partial charge in [0.05, 0.1) is 13.2 Å². The van der Waals surface area contributed by atoms with Crippen molar-refractivity contribution in [2.75, 3.05) is 39.4 Å². The fourth-order valence-corrected chi connectivity index (χ4v) is 2.57. The Morgan fingerprint density at radius 2 is 2.17 bits per heavy atom. The molecule has 0 unspecified atom stereocenters. The molecular weight excluding hydrogens is 316 g/mol. The molecule has 6 heteroatoms. The fourth-order valence-electron chi connectivity index (χ4n) is 2.45. The molecule has 0 aromatic heterocycles. The van der Waals surface area contributed by atoms with E-state index in [4.69, 9.17) is 21.1 Å². The predicted octanol–water partition coefficient (Wildman–Crippen LogP) is 2.25. The second-order valence-corrected chi connectivity index (χ2v) is 6.08. The lowest BCUT2D eigenvalue weighted by atomic mass is 10.2. The molecule has 0 radical (unpaired) electrons. The van der Waals surface area contributed by atoms with Crippen molar-refractivity contribution in [2.45, 2.75) is 26.4 Å². The van der Waals surface area contributed by atoms with E-state index in [2.05, 4.69) is 10.2 Å². The van der Waals surface area contributed by atoms with Crippen LogP contribution < -0.4 is 10.1 Å². The van der Waals surface area contributed by atoms with Crippen molar-refractivity contribution in [2.24, 2.45) is 0 Å². The Labute approximate surface area is 142 Å². The standard InChI is InChI=1S/C17H25ClN2O3/c1-3-16(23-14-4-5-15(18)13(2)12-14)17(21)19-6-7-20-8-10-22-11-9-20/h4-5,12,16H,3,6-11H2,1-2H3,(H,19,21)/t16-/m0/s1. The third-order valence-corrected chi connectivity index (χ3v) is 4.33. The van der Waals surface area contributed by atoms with E-state index in [0.29, 0.717) is 23.7 Å². The van der Waals surface area contributed by atoms with Crippen molar-refractivity contribution < 1.29 is 14.3 Å². The van der Waals surface area contributed by atoms with E-state index < -0.39 is 6.10 Å². The lowest BCUT2D eigenvalue weighted by Gasteiger charge is -2.26. The number of nitrogens with zero attached hydrogens (tertiary/aromatic N) is 1. The zero-order chi connectivity index (χ0) is 16.7. The Bertz CT molecular complexity index is 519. The maximum Gasteiger partial charge on any atom is 0.261 e. The van der Waals surface area contributed by atoms with Gasteiger partial charge in [-0.15, -0.1) is 0 Å². The fraction of sp³-hybridized carbons (Fsp3) is 0.588. The SMILES string of the molecule is CC[C@H](Oc1ccc(Cl)c(C)c1)C(=O)NCCN1CCOCC1. The number of aryl methyl sites for hydroxylation is 1. The summed E-state index contributed by atoms with van der Waals surface area (Å²) < 4.78 is 11.1. The highest BCUT2D eigenvalue weighted by Gasteiger charge is 2.19. The number of amides is 1. The van der Waals surface area contributed by atoms with Gasteiger partial charge in [-0.25, -0.2) is 0 Å². The summed E-state index contributed by atoms with van der Waals surface area (Å²) in [6.07, 6.45) is 0.130. The van der Waals surface area contributed by atoms with E-state index >= 15 is 0 Å². The van der Waals surface area contributed by atoms with Crippen molar-refractivity contribution in [3.63, 3.8) is 0 Å². The molecule has 2 rings (SSSR count). The van der Waals surface area contributed by atoms with E-state index in [9.17, 15) is 4.79 Å². The van der Waals surface area contributed by atoms with Crippen LogP contribution in [0.25, 0.3) is 0 Å². The minimum atomic E-state index is -0.486. The maximum absolute atomic E-state index is 12.3. The third kappa shape index (κ3) is 5.68. The molecular formula is C17H25ClN2O3. The van der Waals surface area contributed by atoms with Gasteiger partial charge in [-0.05, 0) is 37.1 Å². The van der Waals surface area contributed by atoms with E-state index in [1.165, 1.54) is 0 Å². The highest BCUT2D eigenvalue weighted by molar-refractivity contribution is 6.31. The number of halogens is 1. The third-order valence-electron chi connectivity index (χ3n) is 3.90. The summed E-state index contributed by atoms with van der Waals surface area (Å²) in [5.41, 5.74) is 0.937. The summed E-state index contributed by atoms with van der Waals surface area (Å²) in [5.74, 6) is 0.593. The van der Waals surface area contributed by atoms with Gasteiger partial charge in [0, 0.05) is 31.2 Å². The van der Waals surface area contributed by atoms with Gasteiger partial charge >= 0.3 is 0 Å². The minimum absolute atomic E-state index is 0.0756. The normalized spacial score (nSPS) is 16.8.